The van der Waals surface area contributed by atoms with Crippen LogP contribution < -0.4 is 0 Å². The maximum absolute atomic E-state index is 4.04. The van der Waals surface area contributed by atoms with Gasteiger partial charge in [-0.3, -0.25) is 0 Å². The molecule has 0 heterocycles. The van der Waals surface area contributed by atoms with E-state index in [1.54, 1.807) is 0 Å². The molecule has 0 atom stereocenters. The Bertz CT molecular complexity index is 283. The minimum Gasteiger partial charge on any atom is -0.212 e. The van der Waals surface area contributed by atoms with Gasteiger partial charge in [0, 0.05) is 12.8 Å². The molecule has 0 radical (unpaired) electrons. The summed E-state index contributed by atoms with van der Waals surface area (Å²) < 4.78 is 2.09. The summed E-state index contributed by atoms with van der Waals surface area (Å²) in [7, 11) is 1.81. The lowest BCUT2D eigenvalue weighted by Crippen LogP contribution is -2.22. The third-order valence-corrected chi connectivity index (χ3v) is 3.65. The molecule has 0 aromatic heterocycles. The van der Waals surface area contributed by atoms with Gasteiger partial charge in [-0.1, -0.05) is 11.6 Å². The molecule has 2 fully saturated rings. The highest BCUT2D eigenvalue weighted by atomic mass is 15.0. The highest BCUT2D eigenvalue weighted by Crippen LogP contribution is 2.55. The lowest BCUT2D eigenvalue weighted by molar-refractivity contribution is -0.317. The Morgan fingerprint density at radius 1 is 1.29 bits per heavy atom. The summed E-state index contributed by atoms with van der Waals surface area (Å²) in [5, 5.41) is 0. The van der Waals surface area contributed by atoms with Gasteiger partial charge in [-0.15, -0.1) is 0 Å². The lowest BCUT2D eigenvalue weighted by Gasteiger charge is -2.21. The van der Waals surface area contributed by atoms with E-state index in [1.165, 1.54) is 44.2 Å². The molecule has 2 nitrogen and oxygen atoms in total. The normalized spacial score (nSPS) is 24.2. The molecular weight excluding hydrogens is 172 g/mol. The van der Waals surface area contributed by atoms with E-state index in [1.807, 2.05) is 19.6 Å². The van der Waals surface area contributed by atoms with Crippen molar-refractivity contribution in [3.05, 3.63) is 12.8 Å². The Kier molecular flexibility index (Phi) is 2.53. The molecular formula is C12H19N2+. The van der Waals surface area contributed by atoms with Crippen LogP contribution >= 0.6 is 0 Å². The molecule has 76 valence electrons. The van der Waals surface area contributed by atoms with Gasteiger partial charge in [0.1, 0.15) is 7.05 Å². The predicted octanol–water partition coefficient (Wildman–Crippen LogP) is 2.60. The molecule has 2 saturated carbocycles. The molecule has 0 amide bonds. The lowest BCUT2D eigenvalue weighted by atomic mass is 9.85. The van der Waals surface area contributed by atoms with Crippen molar-refractivity contribution in [1.29, 1.82) is 0 Å². The van der Waals surface area contributed by atoms with E-state index in [9.17, 15) is 0 Å². The van der Waals surface area contributed by atoms with E-state index in [0.29, 0.717) is 0 Å². The Balaban J connectivity index is 2.07. The van der Waals surface area contributed by atoms with Gasteiger partial charge in [0.2, 0.25) is 0 Å². The van der Waals surface area contributed by atoms with Crippen molar-refractivity contribution in [2.75, 3.05) is 7.05 Å². The highest BCUT2D eigenvalue weighted by Gasteiger charge is 2.44. The summed E-state index contributed by atoms with van der Waals surface area (Å²) in [5.41, 5.74) is 2.25. The summed E-state index contributed by atoms with van der Waals surface area (Å²) in [6.07, 6.45) is 11.9. The summed E-state index contributed by atoms with van der Waals surface area (Å²) in [5.74, 6) is 0. The summed E-state index contributed by atoms with van der Waals surface area (Å²) in [6, 6.07) is 0. The van der Waals surface area contributed by atoms with Crippen LogP contribution in [-0.4, -0.2) is 23.7 Å². The first-order chi connectivity index (χ1) is 6.79. The van der Waals surface area contributed by atoms with Gasteiger partial charge in [-0.05, 0) is 31.1 Å². The van der Waals surface area contributed by atoms with Crippen molar-refractivity contribution in [3.8, 4) is 0 Å². The van der Waals surface area contributed by atoms with E-state index in [4.69, 9.17) is 0 Å². The average Bonchev–Trinajstić information content (AvgIpc) is 2.96. The summed E-state index contributed by atoms with van der Waals surface area (Å²) in [4.78, 5) is 4.04. The molecule has 0 unspecified atom stereocenters. The monoisotopic (exact) mass is 191 g/mol. The molecule has 0 aromatic rings. The Morgan fingerprint density at radius 2 is 1.93 bits per heavy atom. The molecule has 1 spiro atoms. The second kappa shape index (κ2) is 3.68. The quantitative estimate of drug-likeness (QED) is 0.362. The Morgan fingerprint density at radius 3 is 2.36 bits per heavy atom. The fraction of sp³-hybridized carbons (Fsp3) is 0.667. The van der Waals surface area contributed by atoms with Gasteiger partial charge < -0.3 is 0 Å². The van der Waals surface area contributed by atoms with Crippen LogP contribution in [0.5, 0.6) is 0 Å². The first-order valence-corrected chi connectivity index (χ1v) is 5.47. The van der Waals surface area contributed by atoms with Gasteiger partial charge in [-0.25, -0.2) is 4.58 Å². The van der Waals surface area contributed by atoms with Crippen molar-refractivity contribution in [3.63, 3.8) is 0 Å². The Labute approximate surface area is 86.1 Å². The van der Waals surface area contributed by atoms with Crippen LogP contribution in [0.2, 0.25) is 0 Å². The van der Waals surface area contributed by atoms with E-state index in [2.05, 4.69) is 16.1 Å². The fourth-order valence-corrected chi connectivity index (χ4v) is 2.39. The first-order valence-electron chi connectivity index (χ1n) is 5.47. The van der Waals surface area contributed by atoms with Gasteiger partial charge >= 0.3 is 0 Å². The second-order valence-corrected chi connectivity index (χ2v) is 4.53. The van der Waals surface area contributed by atoms with Gasteiger partial charge in [-0.2, -0.15) is 0 Å². The second-order valence-electron chi connectivity index (χ2n) is 4.53. The van der Waals surface area contributed by atoms with Crippen LogP contribution in [0.25, 0.3) is 0 Å². The largest absolute Gasteiger partial charge is 0.284 e. The average molecular weight is 191 g/mol. The number of nitrogens with zero attached hydrogens (tertiary/aromatic N) is 2. The standard InChI is InChI=1S/C12H19N2/c1-3-14(10-13-2)11-4-6-12(7-5-11)8-9-12/h3,10H,1,4-9H2,2H3/q+1. The zero-order chi connectivity index (χ0) is 10.0. The maximum atomic E-state index is 4.04. The summed E-state index contributed by atoms with van der Waals surface area (Å²) in [6.45, 7) is 3.82. The zero-order valence-corrected chi connectivity index (χ0v) is 9.00. The van der Waals surface area contributed by atoms with Crippen molar-refractivity contribution >= 4 is 12.1 Å². The third-order valence-electron chi connectivity index (χ3n) is 3.65. The number of rotatable bonds is 2. The van der Waals surface area contributed by atoms with E-state index in [0.717, 1.165) is 5.41 Å². The molecule has 0 aromatic carbocycles. The van der Waals surface area contributed by atoms with Gasteiger partial charge in [0.25, 0.3) is 6.34 Å². The highest BCUT2D eigenvalue weighted by molar-refractivity contribution is 5.83. The molecule has 0 aliphatic heterocycles. The van der Waals surface area contributed by atoms with Crippen molar-refractivity contribution in [2.24, 2.45) is 10.4 Å². The van der Waals surface area contributed by atoms with Crippen LogP contribution in [0.1, 0.15) is 38.5 Å². The van der Waals surface area contributed by atoms with Crippen molar-refractivity contribution in [1.82, 2.24) is 0 Å². The fourth-order valence-electron chi connectivity index (χ4n) is 2.39. The first kappa shape index (κ1) is 9.63. The SMILES string of the molecule is C=C[N+](C=NC)=C1CCC2(CC1)CC2. The minimum absolute atomic E-state index is 0.764. The minimum atomic E-state index is 0.764. The molecule has 0 bridgehead atoms. The molecule has 0 N–H and O–H groups in total. The smallest absolute Gasteiger partial charge is 0.212 e. The van der Waals surface area contributed by atoms with Crippen molar-refractivity contribution < 1.29 is 4.58 Å². The molecule has 2 aliphatic carbocycles. The Hall–Kier alpha value is -0.920. The number of aliphatic imine (C=N–C) groups is 1. The van der Waals surface area contributed by atoms with Crippen molar-refractivity contribution in [2.45, 2.75) is 38.5 Å². The molecule has 0 saturated heterocycles. The van der Waals surface area contributed by atoms with Crippen LogP contribution in [0.4, 0.5) is 0 Å². The third kappa shape index (κ3) is 1.79. The van der Waals surface area contributed by atoms with E-state index >= 15 is 0 Å². The maximum Gasteiger partial charge on any atom is 0.284 e. The van der Waals surface area contributed by atoms with E-state index < -0.39 is 0 Å². The molecule has 14 heavy (non-hydrogen) atoms. The van der Waals surface area contributed by atoms with Crippen LogP contribution in [0.15, 0.2) is 17.8 Å². The van der Waals surface area contributed by atoms with E-state index in [-0.39, 0.29) is 0 Å². The van der Waals surface area contributed by atoms with Crippen LogP contribution in [0, 0.1) is 5.41 Å². The zero-order valence-electron chi connectivity index (χ0n) is 9.00. The number of hydrogen-bond donors (Lipinski definition) is 0. The van der Waals surface area contributed by atoms with Crippen LogP contribution in [-0.2, 0) is 0 Å². The topological polar surface area (TPSA) is 15.4 Å². The van der Waals surface area contributed by atoms with Gasteiger partial charge in [0.05, 0.1) is 11.9 Å². The number of hydrogen-bond acceptors (Lipinski definition) is 1. The van der Waals surface area contributed by atoms with Crippen LogP contribution in [0.3, 0.4) is 0 Å². The van der Waals surface area contributed by atoms with Gasteiger partial charge in [0.15, 0.2) is 0 Å². The molecule has 2 rings (SSSR count). The summed E-state index contributed by atoms with van der Waals surface area (Å²) >= 11 is 0. The molecule has 2 aliphatic rings. The molecule has 2 heteroatoms. The predicted molar refractivity (Wildman–Crippen MR) is 60.0 cm³/mol.